The average Bonchev–Trinajstić information content (AvgIpc) is 2.79. The number of para-hydroxylation sites is 1. The van der Waals surface area contributed by atoms with Crippen LogP contribution in [0, 0.1) is 0 Å². The fraction of sp³-hybridized carbons (Fsp3) is 0.529. The predicted molar refractivity (Wildman–Crippen MR) is 87.3 cm³/mol. The number of nitrogens with zero attached hydrogens (tertiary/aromatic N) is 2. The number of benzene rings is 1. The second kappa shape index (κ2) is 6.22. The zero-order chi connectivity index (χ0) is 17.3. The third-order valence-electron chi connectivity index (χ3n) is 3.75. The van der Waals surface area contributed by atoms with Crippen LogP contribution >= 0.6 is 0 Å². The van der Waals surface area contributed by atoms with Crippen molar-refractivity contribution in [3.63, 3.8) is 0 Å². The van der Waals surface area contributed by atoms with Crippen LogP contribution in [0.15, 0.2) is 18.2 Å². The summed E-state index contributed by atoms with van der Waals surface area (Å²) in [4.78, 5) is 27.3. The zero-order valence-electron chi connectivity index (χ0n) is 14.2. The molecule has 1 saturated heterocycles. The largest absolute Gasteiger partial charge is 0.489 e. The van der Waals surface area contributed by atoms with E-state index in [1.807, 2.05) is 39.0 Å². The molecule has 7 nitrogen and oxygen atoms in total. The maximum Gasteiger partial charge on any atom is 0.414 e. The number of amides is 2. The maximum absolute atomic E-state index is 12.3. The van der Waals surface area contributed by atoms with Gasteiger partial charge in [-0.1, -0.05) is 12.1 Å². The van der Waals surface area contributed by atoms with Crippen molar-refractivity contribution in [2.45, 2.75) is 32.9 Å². The third-order valence-corrected chi connectivity index (χ3v) is 3.75. The number of cyclic esters (lactones) is 1. The van der Waals surface area contributed by atoms with Crippen molar-refractivity contribution in [2.24, 2.45) is 0 Å². The molecule has 2 aliphatic heterocycles. The van der Waals surface area contributed by atoms with Crippen LogP contribution in [-0.2, 0) is 16.0 Å². The zero-order valence-corrected chi connectivity index (χ0v) is 14.2. The van der Waals surface area contributed by atoms with E-state index in [-0.39, 0.29) is 12.2 Å². The normalized spacial score (nSPS) is 17.7. The molecule has 2 aliphatic rings. The van der Waals surface area contributed by atoms with Gasteiger partial charge in [0, 0.05) is 5.56 Å². The Kier molecular flexibility index (Phi) is 4.26. The minimum absolute atomic E-state index is 0.339. The van der Waals surface area contributed by atoms with E-state index in [0.717, 1.165) is 5.56 Å². The summed E-state index contributed by atoms with van der Waals surface area (Å²) in [5.41, 5.74) is 0.977. The van der Waals surface area contributed by atoms with Gasteiger partial charge in [-0.3, -0.25) is 4.90 Å². The number of carbonyl (C=O) groups excluding carboxylic acids is 2. The summed E-state index contributed by atoms with van der Waals surface area (Å²) in [7, 11) is 0. The molecule has 0 aliphatic carbocycles. The highest BCUT2D eigenvalue weighted by Gasteiger charge is 2.30. The Morgan fingerprint density at radius 1 is 1.17 bits per heavy atom. The standard InChI is InChI=1S/C17H22N2O5/c1-17(2,3)24-15(20)18-7-9-22-14-12(11-18)5-4-6-13(14)19-8-10-23-16(19)21/h4-6H,7-11H2,1-3H3. The van der Waals surface area contributed by atoms with Gasteiger partial charge in [-0.2, -0.15) is 0 Å². The second-order valence-electron chi connectivity index (χ2n) is 6.78. The van der Waals surface area contributed by atoms with Crippen molar-refractivity contribution in [3.8, 4) is 5.75 Å². The molecular formula is C17H22N2O5. The number of fused-ring (bicyclic) bond motifs is 1. The molecule has 0 radical (unpaired) electrons. The van der Waals surface area contributed by atoms with E-state index >= 15 is 0 Å². The summed E-state index contributed by atoms with van der Waals surface area (Å²) in [6.07, 6.45) is -0.745. The Bertz CT molecular complexity index is 653. The van der Waals surface area contributed by atoms with Gasteiger partial charge < -0.3 is 19.1 Å². The van der Waals surface area contributed by atoms with E-state index in [1.165, 1.54) is 0 Å². The Labute approximate surface area is 141 Å². The molecule has 130 valence electrons. The van der Waals surface area contributed by atoms with Gasteiger partial charge in [-0.25, -0.2) is 9.59 Å². The first-order chi connectivity index (χ1) is 11.3. The Balaban J connectivity index is 1.84. The molecular weight excluding hydrogens is 312 g/mol. The van der Waals surface area contributed by atoms with E-state index in [9.17, 15) is 9.59 Å². The Morgan fingerprint density at radius 3 is 2.58 bits per heavy atom. The summed E-state index contributed by atoms with van der Waals surface area (Å²) in [6, 6.07) is 5.57. The maximum atomic E-state index is 12.3. The first kappa shape index (κ1) is 16.4. The monoisotopic (exact) mass is 334 g/mol. The summed E-state index contributed by atoms with van der Waals surface area (Å²) < 4.78 is 16.3. The minimum atomic E-state index is -0.547. The number of ether oxygens (including phenoxy) is 3. The van der Waals surface area contributed by atoms with E-state index < -0.39 is 5.60 Å². The smallest absolute Gasteiger partial charge is 0.414 e. The van der Waals surface area contributed by atoms with Crippen molar-refractivity contribution in [2.75, 3.05) is 31.2 Å². The molecule has 0 saturated carbocycles. The second-order valence-corrected chi connectivity index (χ2v) is 6.78. The Morgan fingerprint density at radius 2 is 1.92 bits per heavy atom. The van der Waals surface area contributed by atoms with Crippen molar-refractivity contribution in [1.29, 1.82) is 0 Å². The van der Waals surface area contributed by atoms with Crippen LogP contribution in [0.2, 0.25) is 0 Å². The molecule has 2 amide bonds. The van der Waals surface area contributed by atoms with Crippen LogP contribution in [0.3, 0.4) is 0 Å². The highest BCUT2D eigenvalue weighted by Crippen LogP contribution is 2.36. The van der Waals surface area contributed by atoms with E-state index in [2.05, 4.69) is 0 Å². The molecule has 0 N–H and O–H groups in total. The fourth-order valence-corrected chi connectivity index (χ4v) is 2.71. The molecule has 2 heterocycles. The SMILES string of the molecule is CC(C)(C)OC(=O)N1CCOc2c(cccc2N2CCOC2=O)C1. The van der Waals surface area contributed by atoms with Crippen LogP contribution in [-0.4, -0.2) is 49.0 Å². The lowest BCUT2D eigenvalue weighted by atomic mass is 10.1. The van der Waals surface area contributed by atoms with Crippen molar-refractivity contribution in [1.82, 2.24) is 4.90 Å². The van der Waals surface area contributed by atoms with Crippen LogP contribution in [0.1, 0.15) is 26.3 Å². The van der Waals surface area contributed by atoms with Crippen molar-refractivity contribution >= 4 is 17.9 Å². The third kappa shape index (κ3) is 3.39. The molecule has 1 aromatic rings. The summed E-state index contributed by atoms with van der Waals surface area (Å²) in [5, 5.41) is 0. The van der Waals surface area contributed by atoms with Crippen LogP contribution < -0.4 is 9.64 Å². The molecule has 24 heavy (non-hydrogen) atoms. The lowest BCUT2D eigenvalue weighted by Crippen LogP contribution is -2.37. The fourth-order valence-electron chi connectivity index (χ4n) is 2.71. The molecule has 3 rings (SSSR count). The molecule has 0 unspecified atom stereocenters. The lowest BCUT2D eigenvalue weighted by molar-refractivity contribution is 0.0225. The molecule has 7 heteroatoms. The van der Waals surface area contributed by atoms with Gasteiger partial charge in [0.2, 0.25) is 0 Å². The van der Waals surface area contributed by atoms with Gasteiger partial charge in [0.15, 0.2) is 0 Å². The Hall–Kier alpha value is -2.44. The van der Waals surface area contributed by atoms with Gasteiger partial charge in [-0.05, 0) is 26.8 Å². The minimum Gasteiger partial charge on any atom is -0.489 e. The number of rotatable bonds is 1. The molecule has 0 atom stereocenters. The van der Waals surface area contributed by atoms with Crippen molar-refractivity contribution < 1.29 is 23.8 Å². The van der Waals surface area contributed by atoms with E-state index in [1.54, 1.807) is 9.80 Å². The first-order valence-corrected chi connectivity index (χ1v) is 8.02. The summed E-state index contributed by atoms with van der Waals surface area (Å²) in [5.74, 6) is 0.627. The lowest BCUT2D eigenvalue weighted by Gasteiger charge is -2.26. The van der Waals surface area contributed by atoms with Crippen molar-refractivity contribution in [3.05, 3.63) is 23.8 Å². The van der Waals surface area contributed by atoms with Gasteiger partial charge in [0.25, 0.3) is 0 Å². The first-order valence-electron chi connectivity index (χ1n) is 8.02. The van der Waals surface area contributed by atoms with E-state index in [4.69, 9.17) is 14.2 Å². The average molecular weight is 334 g/mol. The topological polar surface area (TPSA) is 68.3 Å². The van der Waals surface area contributed by atoms with Crippen LogP contribution in [0.4, 0.5) is 15.3 Å². The van der Waals surface area contributed by atoms with Crippen LogP contribution in [0.25, 0.3) is 0 Å². The number of carbonyl (C=O) groups is 2. The summed E-state index contributed by atoms with van der Waals surface area (Å²) >= 11 is 0. The molecule has 0 bridgehead atoms. The number of anilines is 1. The number of hydrogen-bond donors (Lipinski definition) is 0. The quantitative estimate of drug-likeness (QED) is 0.790. The highest BCUT2D eigenvalue weighted by atomic mass is 16.6. The van der Waals surface area contributed by atoms with Gasteiger partial charge in [-0.15, -0.1) is 0 Å². The van der Waals surface area contributed by atoms with Gasteiger partial charge in [0.05, 0.1) is 25.3 Å². The molecule has 1 aromatic carbocycles. The van der Waals surface area contributed by atoms with E-state index in [0.29, 0.717) is 44.3 Å². The van der Waals surface area contributed by atoms with Gasteiger partial charge in [0.1, 0.15) is 24.6 Å². The van der Waals surface area contributed by atoms with Gasteiger partial charge >= 0.3 is 12.2 Å². The number of hydrogen-bond acceptors (Lipinski definition) is 5. The highest BCUT2D eigenvalue weighted by molar-refractivity contribution is 5.91. The molecule has 0 aromatic heterocycles. The summed E-state index contributed by atoms with van der Waals surface area (Å²) in [6.45, 7) is 7.51. The van der Waals surface area contributed by atoms with Crippen LogP contribution in [0.5, 0.6) is 5.75 Å². The molecule has 1 fully saturated rings. The predicted octanol–water partition coefficient (Wildman–Crippen LogP) is 2.77. The molecule has 0 spiro atoms.